The summed E-state index contributed by atoms with van der Waals surface area (Å²) in [6, 6.07) is 9.89. The van der Waals surface area contributed by atoms with Crippen LogP contribution in [0.5, 0.6) is 0 Å². The molecule has 1 aromatic heterocycles. The Morgan fingerprint density at radius 1 is 1.05 bits per heavy atom. The number of rotatable bonds is 2. The van der Waals surface area contributed by atoms with Crippen LogP contribution in [-0.4, -0.2) is 31.2 Å². The summed E-state index contributed by atoms with van der Waals surface area (Å²) in [6.45, 7) is 3.77. The molecular weight excluding hydrogens is 352 g/mol. The smallest absolute Gasteiger partial charge is 0.143 e. The first-order chi connectivity index (χ1) is 10.1. The second-order valence-electron chi connectivity index (χ2n) is 5.02. The lowest BCUT2D eigenvalue weighted by molar-refractivity contribution is 0.646. The van der Waals surface area contributed by atoms with Gasteiger partial charge < -0.3 is 15.5 Å². The van der Waals surface area contributed by atoms with Crippen molar-refractivity contribution in [1.29, 1.82) is 0 Å². The number of aromatic nitrogens is 1. The molecule has 3 rings (SSSR count). The Kier molecular flexibility index (Phi) is 4.22. The van der Waals surface area contributed by atoms with E-state index in [0.717, 1.165) is 41.5 Å². The number of hydrogen-bond acceptors (Lipinski definition) is 4. The molecule has 1 aromatic carbocycles. The fourth-order valence-corrected chi connectivity index (χ4v) is 3.25. The molecule has 1 aliphatic heterocycles. The number of benzene rings is 1. The number of anilines is 3. The molecule has 0 atom stereocenters. The van der Waals surface area contributed by atoms with Gasteiger partial charge in [-0.25, -0.2) is 4.98 Å². The van der Waals surface area contributed by atoms with Crippen molar-refractivity contribution < 1.29 is 0 Å². The maximum Gasteiger partial charge on any atom is 0.143 e. The third kappa shape index (κ3) is 3.24. The summed E-state index contributed by atoms with van der Waals surface area (Å²) in [6.07, 6.45) is 1.70. The summed E-state index contributed by atoms with van der Waals surface area (Å²) in [5.74, 6) is 0.958. The lowest BCUT2D eigenvalue weighted by Crippen LogP contribution is -2.47. The number of nitrogens with zero attached hydrogens (tertiary/aromatic N) is 3. The summed E-state index contributed by atoms with van der Waals surface area (Å²) >= 11 is 9.47. The van der Waals surface area contributed by atoms with Crippen LogP contribution in [-0.2, 0) is 0 Å². The molecule has 2 aromatic rings. The van der Waals surface area contributed by atoms with Crippen LogP contribution >= 0.6 is 27.5 Å². The second kappa shape index (κ2) is 6.12. The third-order valence-corrected chi connectivity index (χ3v) is 4.45. The van der Waals surface area contributed by atoms with Gasteiger partial charge in [0.1, 0.15) is 5.82 Å². The maximum atomic E-state index is 5.93. The van der Waals surface area contributed by atoms with E-state index in [9.17, 15) is 0 Å². The zero-order chi connectivity index (χ0) is 14.8. The number of hydrogen-bond donors (Lipinski definition) is 1. The van der Waals surface area contributed by atoms with Crippen LogP contribution in [0, 0.1) is 0 Å². The molecule has 1 aliphatic rings. The minimum Gasteiger partial charge on any atom is -0.397 e. The summed E-state index contributed by atoms with van der Waals surface area (Å²) < 4.78 is 0.947. The van der Waals surface area contributed by atoms with Crippen molar-refractivity contribution in [2.24, 2.45) is 0 Å². The van der Waals surface area contributed by atoms with Gasteiger partial charge >= 0.3 is 0 Å². The van der Waals surface area contributed by atoms with Crippen LogP contribution in [0.15, 0.2) is 41.0 Å². The summed E-state index contributed by atoms with van der Waals surface area (Å²) in [7, 11) is 0. The SMILES string of the molecule is Nc1cnc(N2CCN(c3ccc(Cl)cc3)CC2)c(Br)c1. The highest BCUT2D eigenvalue weighted by atomic mass is 79.9. The summed E-state index contributed by atoms with van der Waals surface area (Å²) in [4.78, 5) is 9.06. The molecule has 4 nitrogen and oxygen atoms in total. The minimum atomic E-state index is 0.672. The summed E-state index contributed by atoms with van der Waals surface area (Å²) in [5, 5.41) is 0.771. The lowest BCUT2D eigenvalue weighted by Gasteiger charge is -2.37. The predicted molar refractivity (Wildman–Crippen MR) is 92.2 cm³/mol. The van der Waals surface area contributed by atoms with Crippen molar-refractivity contribution in [2.45, 2.75) is 0 Å². The topological polar surface area (TPSA) is 45.4 Å². The summed E-state index contributed by atoms with van der Waals surface area (Å²) in [5.41, 5.74) is 7.62. The largest absolute Gasteiger partial charge is 0.397 e. The van der Waals surface area contributed by atoms with Crippen molar-refractivity contribution in [3.05, 3.63) is 46.0 Å². The molecular formula is C15H16BrClN4. The molecule has 1 saturated heterocycles. The standard InChI is InChI=1S/C15H16BrClN4/c16-14-9-12(18)10-19-15(14)21-7-5-20(6-8-21)13-3-1-11(17)2-4-13/h1-4,9-10H,5-8,18H2. The highest BCUT2D eigenvalue weighted by molar-refractivity contribution is 9.10. The number of nitrogen functional groups attached to an aromatic ring is 1. The molecule has 0 radical (unpaired) electrons. The van der Waals surface area contributed by atoms with Gasteiger partial charge in [-0.05, 0) is 46.3 Å². The van der Waals surface area contributed by atoms with Crippen LogP contribution in [0.3, 0.4) is 0 Å². The van der Waals surface area contributed by atoms with Gasteiger partial charge in [-0.3, -0.25) is 0 Å². The molecule has 110 valence electrons. The van der Waals surface area contributed by atoms with Crippen LogP contribution in [0.25, 0.3) is 0 Å². The van der Waals surface area contributed by atoms with E-state index in [4.69, 9.17) is 17.3 Å². The van der Waals surface area contributed by atoms with E-state index in [1.165, 1.54) is 5.69 Å². The normalized spacial score (nSPS) is 15.3. The molecule has 0 bridgehead atoms. The second-order valence-corrected chi connectivity index (χ2v) is 6.32. The van der Waals surface area contributed by atoms with Crippen LogP contribution in [0.4, 0.5) is 17.2 Å². The van der Waals surface area contributed by atoms with Crippen molar-refractivity contribution >= 4 is 44.7 Å². The molecule has 21 heavy (non-hydrogen) atoms. The number of nitrogens with two attached hydrogens (primary N) is 1. The Labute approximate surface area is 137 Å². The minimum absolute atomic E-state index is 0.672. The fraction of sp³-hybridized carbons (Fsp3) is 0.267. The molecule has 1 fully saturated rings. The number of piperazine rings is 1. The Bertz CT molecular complexity index is 624. The fourth-order valence-electron chi connectivity index (χ4n) is 2.51. The van der Waals surface area contributed by atoms with E-state index in [0.29, 0.717) is 5.69 Å². The van der Waals surface area contributed by atoms with Crippen molar-refractivity contribution in [3.8, 4) is 0 Å². The molecule has 2 heterocycles. The van der Waals surface area contributed by atoms with Crippen molar-refractivity contribution in [1.82, 2.24) is 4.98 Å². The Morgan fingerprint density at radius 3 is 2.29 bits per heavy atom. The van der Waals surface area contributed by atoms with Gasteiger partial charge in [-0.1, -0.05) is 11.6 Å². The van der Waals surface area contributed by atoms with E-state index >= 15 is 0 Å². The average molecular weight is 368 g/mol. The number of pyridine rings is 1. The quantitative estimate of drug-likeness (QED) is 0.883. The zero-order valence-corrected chi connectivity index (χ0v) is 13.8. The van der Waals surface area contributed by atoms with E-state index < -0.39 is 0 Å². The monoisotopic (exact) mass is 366 g/mol. The van der Waals surface area contributed by atoms with Crippen molar-refractivity contribution in [2.75, 3.05) is 41.7 Å². The van der Waals surface area contributed by atoms with Gasteiger partial charge in [-0.15, -0.1) is 0 Å². The molecule has 0 spiro atoms. The van der Waals surface area contributed by atoms with Crippen LogP contribution in [0.1, 0.15) is 0 Å². The van der Waals surface area contributed by atoms with Gasteiger partial charge in [0.2, 0.25) is 0 Å². The van der Waals surface area contributed by atoms with Gasteiger partial charge in [-0.2, -0.15) is 0 Å². The van der Waals surface area contributed by atoms with Crippen molar-refractivity contribution in [3.63, 3.8) is 0 Å². The third-order valence-electron chi connectivity index (χ3n) is 3.61. The first kappa shape index (κ1) is 14.5. The lowest BCUT2D eigenvalue weighted by atomic mass is 10.2. The first-order valence-corrected chi connectivity index (χ1v) is 7.97. The van der Waals surface area contributed by atoms with E-state index in [1.54, 1.807) is 6.20 Å². The van der Waals surface area contributed by atoms with Gasteiger partial charge in [0.15, 0.2) is 0 Å². The molecule has 0 saturated carbocycles. The van der Waals surface area contributed by atoms with Gasteiger partial charge in [0.25, 0.3) is 0 Å². The molecule has 0 aliphatic carbocycles. The van der Waals surface area contributed by atoms with Gasteiger partial charge in [0, 0.05) is 36.9 Å². The molecule has 0 amide bonds. The van der Waals surface area contributed by atoms with E-state index in [1.807, 2.05) is 18.2 Å². The zero-order valence-electron chi connectivity index (χ0n) is 11.5. The Balaban J connectivity index is 1.68. The van der Waals surface area contributed by atoms with Crippen LogP contribution < -0.4 is 15.5 Å². The van der Waals surface area contributed by atoms with E-state index in [-0.39, 0.29) is 0 Å². The van der Waals surface area contributed by atoms with E-state index in [2.05, 4.69) is 42.8 Å². The number of halogens is 2. The Hall–Kier alpha value is -1.46. The highest BCUT2D eigenvalue weighted by Crippen LogP contribution is 2.27. The predicted octanol–water partition coefficient (Wildman–Crippen LogP) is 3.41. The molecule has 2 N–H and O–H groups in total. The highest BCUT2D eigenvalue weighted by Gasteiger charge is 2.20. The van der Waals surface area contributed by atoms with Crippen LogP contribution in [0.2, 0.25) is 5.02 Å². The maximum absolute atomic E-state index is 5.93. The first-order valence-electron chi connectivity index (χ1n) is 6.80. The molecule has 0 unspecified atom stereocenters. The molecule has 6 heteroatoms. The Morgan fingerprint density at radius 2 is 1.67 bits per heavy atom. The average Bonchev–Trinajstić information content (AvgIpc) is 2.48. The van der Waals surface area contributed by atoms with Gasteiger partial charge in [0.05, 0.1) is 16.4 Å².